The van der Waals surface area contributed by atoms with Gasteiger partial charge in [0, 0.05) is 12.5 Å². The fourth-order valence-corrected chi connectivity index (χ4v) is 1.18. The van der Waals surface area contributed by atoms with Crippen LogP contribution in [0.2, 0.25) is 0 Å². The molecule has 1 aromatic heterocycles. The molecule has 15 heavy (non-hydrogen) atoms. The van der Waals surface area contributed by atoms with Crippen LogP contribution in [0.5, 0.6) is 0 Å². The van der Waals surface area contributed by atoms with Gasteiger partial charge in [0.05, 0.1) is 16.4 Å². The van der Waals surface area contributed by atoms with E-state index in [1.54, 1.807) is 0 Å². The number of hydrogen-bond acceptors (Lipinski definition) is 3. The number of hydrogen-bond donors (Lipinski definition) is 0. The molecule has 0 aromatic carbocycles. The molecule has 0 bridgehead atoms. The summed E-state index contributed by atoms with van der Waals surface area (Å²) in [6.07, 6.45) is -2.35. The van der Waals surface area contributed by atoms with Gasteiger partial charge in [-0.15, -0.1) is 0 Å². The Hall–Kier alpha value is -1.24. The zero-order valence-corrected chi connectivity index (χ0v) is 8.56. The molecule has 1 atom stereocenters. The lowest BCUT2D eigenvalue weighted by Gasteiger charge is -2.05. The number of halogens is 3. The average molecular weight is 239 g/mol. The highest BCUT2D eigenvalue weighted by Gasteiger charge is 2.30. The molecule has 0 aliphatic heterocycles. The van der Waals surface area contributed by atoms with E-state index < -0.39 is 22.5 Å². The van der Waals surface area contributed by atoms with Crippen LogP contribution in [0.1, 0.15) is 5.56 Å². The molecule has 0 radical (unpaired) electrons. The molecule has 1 rings (SSSR count). The molecule has 0 saturated carbocycles. The van der Waals surface area contributed by atoms with Crippen molar-refractivity contribution in [3.05, 3.63) is 23.9 Å². The largest absolute Gasteiger partial charge is 0.417 e. The first-order valence-corrected chi connectivity index (χ1v) is 5.12. The molecule has 0 spiro atoms. The van der Waals surface area contributed by atoms with Gasteiger partial charge in [-0.1, -0.05) is 0 Å². The molecule has 0 aliphatic rings. The van der Waals surface area contributed by atoms with E-state index in [-0.39, 0.29) is 5.03 Å². The van der Waals surface area contributed by atoms with Gasteiger partial charge in [0.2, 0.25) is 0 Å². The fraction of sp³-hybridized carbons (Fsp3) is 0.250. The number of carbonyl (C=O) groups excluding carboxylic acids is 1. The number of aromatic nitrogens is 1. The third-order valence-electron chi connectivity index (χ3n) is 1.36. The smallest absolute Gasteiger partial charge is 0.307 e. The first-order chi connectivity index (χ1) is 6.91. The van der Waals surface area contributed by atoms with Crippen LogP contribution in [0.3, 0.4) is 0 Å². The number of carbonyl (C=O) groups is 1. The van der Waals surface area contributed by atoms with Crippen molar-refractivity contribution in [3.8, 4) is 0 Å². The fourth-order valence-electron chi connectivity index (χ4n) is 0.718. The molecular formula is C8H8F3NO2S. The summed E-state index contributed by atoms with van der Waals surface area (Å²) in [5.41, 5.74) is -0.832. The van der Waals surface area contributed by atoms with E-state index in [2.05, 4.69) is 4.98 Å². The maximum Gasteiger partial charge on any atom is 0.417 e. The Bertz CT molecular complexity index is 337. The molecule has 84 valence electrons. The zero-order valence-electron chi connectivity index (χ0n) is 7.75. The lowest BCUT2D eigenvalue weighted by molar-refractivity contribution is -0.137. The van der Waals surface area contributed by atoms with Crippen LogP contribution >= 0.6 is 0 Å². The molecule has 1 unspecified atom stereocenters. The van der Waals surface area contributed by atoms with Gasteiger partial charge in [0.25, 0.3) is 0 Å². The van der Waals surface area contributed by atoms with Gasteiger partial charge in [-0.25, -0.2) is 4.98 Å². The molecule has 0 saturated heterocycles. The van der Waals surface area contributed by atoms with Gasteiger partial charge < -0.3 is 4.79 Å². The zero-order chi connectivity index (χ0) is 12.1. The van der Waals surface area contributed by atoms with Crippen molar-refractivity contribution in [2.24, 2.45) is 0 Å². The predicted molar refractivity (Wildman–Crippen MR) is 48.7 cm³/mol. The Morgan fingerprint density at radius 3 is 2.13 bits per heavy atom. The van der Waals surface area contributed by atoms with Gasteiger partial charge in [-0.3, -0.25) is 4.21 Å². The Labute approximate surface area is 86.8 Å². The minimum Gasteiger partial charge on any atom is -0.307 e. The first-order valence-electron chi connectivity index (χ1n) is 3.57. The molecule has 0 fully saturated rings. The van der Waals surface area contributed by atoms with Crippen LogP contribution in [0.4, 0.5) is 13.2 Å². The van der Waals surface area contributed by atoms with Crippen molar-refractivity contribution in [1.29, 1.82) is 0 Å². The topological polar surface area (TPSA) is 47.0 Å². The van der Waals surface area contributed by atoms with Crippen molar-refractivity contribution in [2.75, 3.05) is 6.26 Å². The normalized spacial score (nSPS) is 12.5. The third-order valence-corrected chi connectivity index (χ3v) is 2.19. The quantitative estimate of drug-likeness (QED) is 0.748. The summed E-state index contributed by atoms with van der Waals surface area (Å²) >= 11 is 0. The van der Waals surface area contributed by atoms with E-state index in [0.717, 1.165) is 12.1 Å². The van der Waals surface area contributed by atoms with Gasteiger partial charge in [-0.05, 0) is 12.1 Å². The van der Waals surface area contributed by atoms with E-state index in [0.29, 0.717) is 6.20 Å². The van der Waals surface area contributed by atoms with Crippen LogP contribution < -0.4 is 0 Å². The molecule has 0 aliphatic carbocycles. The summed E-state index contributed by atoms with van der Waals surface area (Å²) in [4.78, 5) is 11.4. The summed E-state index contributed by atoms with van der Waals surface area (Å²) < 4.78 is 46.8. The average Bonchev–Trinajstić information content (AvgIpc) is 2.20. The van der Waals surface area contributed by atoms with Gasteiger partial charge in [-0.2, -0.15) is 13.2 Å². The number of nitrogens with zero attached hydrogens (tertiary/aromatic N) is 1. The third kappa shape index (κ3) is 4.20. The standard InChI is InChI=1S/C7H6F3NOS.CH2O/c1-13(12)6-3-2-5(4-11-6)7(8,9)10;1-2/h2-4H,1H3;1H2. The van der Waals surface area contributed by atoms with E-state index in [4.69, 9.17) is 4.79 Å². The Morgan fingerprint density at radius 2 is 1.87 bits per heavy atom. The van der Waals surface area contributed by atoms with Gasteiger partial charge in [0.15, 0.2) is 0 Å². The van der Waals surface area contributed by atoms with Crippen LogP contribution in [-0.4, -0.2) is 22.2 Å². The molecule has 1 heterocycles. The highest BCUT2D eigenvalue weighted by atomic mass is 32.2. The maximum absolute atomic E-state index is 12.0. The van der Waals surface area contributed by atoms with Gasteiger partial charge in [0.1, 0.15) is 11.8 Å². The van der Waals surface area contributed by atoms with E-state index in [9.17, 15) is 17.4 Å². The summed E-state index contributed by atoms with van der Waals surface area (Å²) in [5, 5.41) is 0.146. The Balaban J connectivity index is 0.000000921. The van der Waals surface area contributed by atoms with Crippen molar-refractivity contribution in [1.82, 2.24) is 4.98 Å². The van der Waals surface area contributed by atoms with Gasteiger partial charge >= 0.3 is 6.18 Å². The second kappa shape index (κ2) is 5.59. The molecular weight excluding hydrogens is 231 g/mol. The van der Waals surface area contributed by atoms with Crippen molar-refractivity contribution in [2.45, 2.75) is 11.2 Å². The molecule has 3 nitrogen and oxygen atoms in total. The van der Waals surface area contributed by atoms with Crippen LogP contribution in [-0.2, 0) is 21.8 Å². The summed E-state index contributed by atoms with van der Waals surface area (Å²) in [6.45, 7) is 2.00. The van der Waals surface area contributed by atoms with Crippen LogP contribution in [0, 0.1) is 0 Å². The van der Waals surface area contributed by atoms with E-state index in [1.807, 2.05) is 6.79 Å². The predicted octanol–water partition coefficient (Wildman–Crippen LogP) is 1.65. The second-order valence-corrected chi connectivity index (χ2v) is 3.66. The van der Waals surface area contributed by atoms with E-state index >= 15 is 0 Å². The van der Waals surface area contributed by atoms with Crippen molar-refractivity contribution >= 4 is 17.6 Å². The summed E-state index contributed by atoms with van der Waals surface area (Å²) in [5.74, 6) is 0. The van der Waals surface area contributed by atoms with Crippen molar-refractivity contribution < 1.29 is 22.2 Å². The molecule has 1 aromatic rings. The highest BCUT2D eigenvalue weighted by molar-refractivity contribution is 7.84. The van der Waals surface area contributed by atoms with Crippen molar-refractivity contribution in [3.63, 3.8) is 0 Å². The minimum absolute atomic E-state index is 0.146. The summed E-state index contributed by atoms with van der Waals surface area (Å²) in [6, 6.07) is 1.97. The molecule has 0 N–H and O–H groups in total. The van der Waals surface area contributed by atoms with Crippen LogP contribution in [0.15, 0.2) is 23.4 Å². The number of rotatable bonds is 1. The Kier molecular flexibility index (Phi) is 5.13. The van der Waals surface area contributed by atoms with E-state index in [1.165, 1.54) is 6.26 Å². The SMILES string of the molecule is C=O.CS(=O)c1ccc(C(F)(F)F)cn1. The maximum atomic E-state index is 12.0. The Morgan fingerprint density at radius 1 is 1.33 bits per heavy atom. The number of pyridine rings is 1. The first kappa shape index (κ1) is 13.8. The number of alkyl halides is 3. The van der Waals surface area contributed by atoms with Crippen LogP contribution in [0.25, 0.3) is 0 Å². The molecule has 0 amide bonds. The lowest BCUT2D eigenvalue weighted by Crippen LogP contribution is -2.06. The minimum atomic E-state index is -4.39. The monoisotopic (exact) mass is 239 g/mol. The summed E-state index contributed by atoms with van der Waals surface area (Å²) in [7, 11) is -1.34. The molecule has 7 heteroatoms. The highest BCUT2D eigenvalue weighted by Crippen LogP contribution is 2.28. The lowest BCUT2D eigenvalue weighted by atomic mass is 10.3. The second-order valence-electron chi connectivity index (χ2n) is 2.34.